The number of aromatic nitrogens is 2. The van der Waals surface area contributed by atoms with Gasteiger partial charge in [-0.15, -0.1) is 0 Å². The maximum absolute atomic E-state index is 12.2. The number of benzene rings is 2. The molecule has 4 aromatic rings. The number of hydrogen-bond acceptors (Lipinski definition) is 4. The molecule has 2 heterocycles. The Morgan fingerprint density at radius 3 is 2.78 bits per heavy atom. The largest absolute Gasteiger partial charge is 0.497 e. The standard InChI is InChI=1S/C17H11ClN2O3/c1-22-10-6-7-12-15-9-14(11-4-2-3-5-13(11)18)19-20(15)17(21)23-16(12)8-10/h2-9H,1H3. The minimum atomic E-state index is -0.556. The molecule has 0 aliphatic carbocycles. The molecule has 0 aliphatic heterocycles. The Labute approximate surface area is 135 Å². The normalized spacial score (nSPS) is 11.2. The molecule has 4 rings (SSSR count). The van der Waals surface area contributed by atoms with Gasteiger partial charge in [0.25, 0.3) is 0 Å². The Morgan fingerprint density at radius 1 is 1.17 bits per heavy atom. The van der Waals surface area contributed by atoms with E-state index in [4.69, 9.17) is 20.8 Å². The molecule has 2 aromatic carbocycles. The van der Waals surface area contributed by atoms with E-state index in [1.54, 1.807) is 19.2 Å². The SMILES string of the molecule is COc1ccc2c(c1)oc(=O)n1nc(-c3ccccc3Cl)cc21. The highest BCUT2D eigenvalue weighted by atomic mass is 35.5. The zero-order valence-corrected chi connectivity index (χ0v) is 12.9. The molecule has 0 saturated heterocycles. The number of nitrogens with zero attached hydrogens (tertiary/aromatic N) is 2. The second-order valence-electron chi connectivity index (χ2n) is 5.04. The zero-order valence-electron chi connectivity index (χ0n) is 12.1. The molecule has 0 atom stereocenters. The fourth-order valence-corrected chi connectivity index (χ4v) is 2.81. The van der Waals surface area contributed by atoms with Crippen LogP contribution in [0.1, 0.15) is 0 Å². The van der Waals surface area contributed by atoms with Crippen molar-refractivity contribution in [3.63, 3.8) is 0 Å². The number of ether oxygens (including phenoxy) is 1. The second-order valence-corrected chi connectivity index (χ2v) is 5.44. The highest BCUT2D eigenvalue weighted by Crippen LogP contribution is 2.29. The van der Waals surface area contributed by atoms with Gasteiger partial charge in [-0.25, -0.2) is 4.79 Å². The van der Waals surface area contributed by atoms with E-state index in [9.17, 15) is 4.79 Å². The van der Waals surface area contributed by atoms with Crippen LogP contribution in [-0.4, -0.2) is 16.7 Å². The lowest BCUT2D eigenvalue weighted by atomic mass is 10.1. The molecule has 0 N–H and O–H groups in total. The van der Waals surface area contributed by atoms with Gasteiger partial charge in [0.2, 0.25) is 0 Å². The summed E-state index contributed by atoms with van der Waals surface area (Å²) in [7, 11) is 1.56. The molecule has 23 heavy (non-hydrogen) atoms. The molecule has 0 radical (unpaired) electrons. The summed E-state index contributed by atoms with van der Waals surface area (Å²) in [6.45, 7) is 0. The lowest BCUT2D eigenvalue weighted by Gasteiger charge is -2.02. The molecule has 6 heteroatoms. The molecular weight excluding hydrogens is 316 g/mol. The smallest absolute Gasteiger partial charge is 0.440 e. The van der Waals surface area contributed by atoms with Gasteiger partial charge in [-0.05, 0) is 24.3 Å². The number of fused-ring (bicyclic) bond motifs is 3. The Hall–Kier alpha value is -2.79. The van der Waals surface area contributed by atoms with Gasteiger partial charge in [-0.1, -0.05) is 29.8 Å². The predicted molar refractivity (Wildman–Crippen MR) is 88.2 cm³/mol. The number of halogens is 1. The summed E-state index contributed by atoms with van der Waals surface area (Å²) < 4.78 is 11.7. The average molecular weight is 327 g/mol. The molecule has 0 aliphatic rings. The van der Waals surface area contributed by atoms with E-state index in [2.05, 4.69) is 5.10 Å². The van der Waals surface area contributed by atoms with E-state index in [1.807, 2.05) is 36.4 Å². The van der Waals surface area contributed by atoms with Gasteiger partial charge in [-0.3, -0.25) is 0 Å². The summed E-state index contributed by atoms with van der Waals surface area (Å²) in [5, 5.41) is 5.68. The van der Waals surface area contributed by atoms with Crippen LogP contribution in [0.4, 0.5) is 0 Å². The van der Waals surface area contributed by atoms with E-state index in [0.29, 0.717) is 27.6 Å². The van der Waals surface area contributed by atoms with Gasteiger partial charge in [0.1, 0.15) is 11.3 Å². The lowest BCUT2D eigenvalue weighted by molar-refractivity contribution is 0.413. The first-order valence-corrected chi connectivity index (χ1v) is 7.31. The van der Waals surface area contributed by atoms with Crippen molar-refractivity contribution in [1.82, 2.24) is 9.61 Å². The summed E-state index contributed by atoms with van der Waals surface area (Å²) >= 11 is 6.22. The Bertz CT molecular complexity index is 1100. The van der Waals surface area contributed by atoms with E-state index in [0.717, 1.165) is 10.9 Å². The fraction of sp³-hybridized carbons (Fsp3) is 0.0588. The predicted octanol–water partition coefficient (Wildman–Crippen LogP) is 3.77. The summed E-state index contributed by atoms with van der Waals surface area (Å²) in [4.78, 5) is 12.2. The highest BCUT2D eigenvalue weighted by molar-refractivity contribution is 6.33. The van der Waals surface area contributed by atoms with Crippen molar-refractivity contribution in [2.45, 2.75) is 0 Å². The monoisotopic (exact) mass is 326 g/mol. The van der Waals surface area contributed by atoms with Crippen LogP contribution in [0.3, 0.4) is 0 Å². The van der Waals surface area contributed by atoms with E-state index in [-0.39, 0.29) is 0 Å². The van der Waals surface area contributed by atoms with Crippen LogP contribution in [0.2, 0.25) is 5.02 Å². The van der Waals surface area contributed by atoms with Gasteiger partial charge in [-0.2, -0.15) is 9.61 Å². The minimum Gasteiger partial charge on any atom is -0.497 e. The van der Waals surface area contributed by atoms with Gasteiger partial charge in [0.15, 0.2) is 0 Å². The highest BCUT2D eigenvalue weighted by Gasteiger charge is 2.14. The van der Waals surface area contributed by atoms with Crippen LogP contribution < -0.4 is 10.5 Å². The van der Waals surface area contributed by atoms with Crippen molar-refractivity contribution in [3.8, 4) is 17.0 Å². The fourth-order valence-electron chi connectivity index (χ4n) is 2.58. The molecular formula is C17H11ClN2O3. The van der Waals surface area contributed by atoms with Crippen LogP contribution in [0.5, 0.6) is 5.75 Å². The van der Waals surface area contributed by atoms with Crippen molar-refractivity contribution in [2.75, 3.05) is 7.11 Å². The van der Waals surface area contributed by atoms with Crippen molar-refractivity contribution >= 4 is 28.1 Å². The van der Waals surface area contributed by atoms with E-state index < -0.39 is 5.76 Å². The third-order valence-corrected chi connectivity index (χ3v) is 4.02. The topological polar surface area (TPSA) is 56.7 Å². The van der Waals surface area contributed by atoms with Gasteiger partial charge in [0, 0.05) is 17.0 Å². The minimum absolute atomic E-state index is 0.451. The van der Waals surface area contributed by atoms with Crippen molar-refractivity contribution in [2.24, 2.45) is 0 Å². The van der Waals surface area contributed by atoms with Crippen LogP contribution in [-0.2, 0) is 0 Å². The molecule has 2 aromatic heterocycles. The number of hydrogen-bond donors (Lipinski definition) is 0. The lowest BCUT2D eigenvalue weighted by Crippen LogP contribution is -2.12. The average Bonchev–Trinajstić information content (AvgIpc) is 3.00. The number of rotatable bonds is 2. The summed E-state index contributed by atoms with van der Waals surface area (Å²) in [6, 6.07) is 14.5. The van der Waals surface area contributed by atoms with Crippen LogP contribution in [0.25, 0.3) is 27.7 Å². The van der Waals surface area contributed by atoms with Crippen LogP contribution >= 0.6 is 11.6 Å². The molecule has 0 unspecified atom stereocenters. The number of methoxy groups -OCH3 is 1. The molecule has 0 amide bonds. The molecule has 0 spiro atoms. The first-order valence-electron chi connectivity index (χ1n) is 6.93. The van der Waals surface area contributed by atoms with Crippen molar-refractivity contribution < 1.29 is 9.15 Å². The van der Waals surface area contributed by atoms with Gasteiger partial charge in [0.05, 0.1) is 23.3 Å². The maximum Gasteiger partial charge on any atom is 0.440 e. The molecule has 0 fully saturated rings. The Kier molecular flexibility index (Phi) is 3.09. The molecule has 0 saturated carbocycles. The summed E-state index contributed by atoms with van der Waals surface area (Å²) in [6.07, 6.45) is 0. The molecule has 114 valence electrons. The first-order chi connectivity index (χ1) is 11.2. The van der Waals surface area contributed by atoms with Crippen LogP contribution in [0.15, 0.2) is 57.7 Å². The van der Waals surface area contributed by atoms with Crippen LogP contribution in [0, 0.1) is 0 Å². The van der Waals surface area contributed by atoms with Crippen molar-refractivity contribution in [1.29, 1.82) is 0 Å². The molecule has 5 nitrogen and oxygen atoms in total. The second kappa shape index (κ2) is 5.14. The molecule has 0 bridgehead atoms. The van der Waals surface area contributed by atoms with E-state index >= 15 is 0 Å². The Balaban J connectivity index is 2.05. The zero-order chi connectivity index (χ0) is 16.0. The van der Waals surface area contributed by atoms with Crippen molar-refractivity contribution in [3.05, 3.63) is 64.1 Å². The maximum atomic E-state index is 12.2. The third kappa shape index (κ3) is 2.17. The van der Waals surface area contributed by atoms with Gasteiger partial charge < -0.3 is 9.15 Å². The van der Waals surface area contributed by atoms with Gasteiger partial charge >= 0.3 is 5.76 Å². The quantitative estimate of drug-likeness (QED) is 0.562. The summed E-state index contributed by atoms with van der Waals surface area (Å²) in [5.74, 6) is 0.0647. The summed E-state index contributed by atoms with van der Waals surface area (Å²) in [5.41, 5.74) is 2.49. The Morgan fingerprint density at radius 2 is 2.00 bits per heavy atom. The third-order valence-electron chi connectivity index (χ3n) is 3.69. The van der Waals surface area contributed by atoms with E-state index in [1.165, 1.54) is 4.52 Å². The first kappa shape index (κ1) is 13.8.